The number of nitrogens with zero attached hydrogens (tertiary/aromatic N) is 2. The Labute approximate surface area is 301 Å². The molecule has 0 aliphatic carbocycles. The molecule has 0 aliphatic heterocycles. The molecule has 0 radical (unpaired) electrons. The topological polar surface area (TPSA) is 6.48 Å². The largest absolute Gasteiger partial charge is 0.311 e. The van der Waals surface area contributed by atoms with Crippen LogP contribution in [0.4, 0.5) is 34.1 Å². The van der Waals surface area contributed by atoms with Crippen LogP contribution in [-0.2, 0) is 0 Å². The smallest absolute Gasteiger partial charge is 0.0490 e. The van der Waals surface area contributed by atoms with Gasteiger partial charge in [-0.2, -0.15) is 0 Å². The fourth-order valence-corrected chi connectivity index (χ4v) is 6.74. The molecule has 8 rings (SSSR count). The maximum absolute atomic E-state index is 2.33. The number of rotatable bonds is 9. The van der Waals surface area contributed by atoms with Crippen molar-refractivity contribution in [3.63, 3.8) is 0 Å². The predicted octanol–water partition coefficient (Wildman–Crippen LogP) is 13.9. The van der Waals surface area contributed by atoms with Crippen molar-refractivity contribution in [2.45, 2.75) is 6.92 Å². The lowest BCUT2D eigenvalue weighted by atomic mass is 10.0. The fourth-order valence-electron chi connectivity index (χ4n) is 6.74. The van der Waals surface area contributed by atoms with Gasteiger partial charge in [-0.25, -0.2) is 0 Å². The highest BCUT2D eigenvalue weighted by atomic mass is 15.1. The SMILES string of the molecule is Cc1ccccc1N(c1ccccc1)c1ccc(-c2ccc(N(c3ccc(-c4ccccc4)cc3)c3ccc(-c4ccccc4)cc3)cc2)cc1. The van der Waals surface area contributed by atoms with Crippen molar-refractivity contribution in [1.82, 2.24) is 0 Å². The Hall–Kier alpha value is -6.64. The zero-order chi connectivity index (χ0) is 34.4. The van der Waals surface area contributed by atoms with Crippen molar-refractivity contribution in [2.24, 2.45) is 0 Å². The standard InChI is InChI=1S/C49H38N2/c1-37-13-11-12-20-49(37)51(44-18-9-4-10-19-44)48-35-27-43(28-36-48)42-25-33-47(34-26-42)50(45-29-21-40(22-30-45)38-14-5-2-6-15-38)46-31-23-41(24-32-46)39-16-7-3-8-17-39/h2-36H,1H3. The minimum atomic E-state index is 1.10. The third kappa shape index (κ3) is 6.81. The predicted molar refractivity (Wildman–Crippen MR) is 217 cm³/mol. The third-order valence-corrected chi connectivity index (χ3v) is 9.42. The van der Waals surface area contributed by atoms with E-state index in [0.717, 1.165) is 28.4 Å². The van der Waals surface area contributed by atoms with Crippen molar-refractivity contribution < 1.29 is 0 Å². The van der Waals surface area contributed by atoms with E-state index in [1.54, 1.807) is 0 Å². The van der Waals surface area contributed by atoms with Crippen LogP contribution in [0, 0.1) is 6.92 Å². The number of hydrogen-bond donors (Lipinski definition) is 0. The van der Waals surface area contributed by atoms with E-state index in [-0.39, 0.29) is 0 Å². The van der Waals surface area contributed by atoms with Gasteiger partial charge >= 0.3 is 0 Å². The second-order valence-corrected chi connectivity index (χ2v) is 12.7. The summed E-state index contributed by atoms with van der Waals surface area (Å²) in [5.41, 5.74) is 15.2. The first kappa shape index (κ1) is 31.6. The molecule has 0 aliphatic rings. The van der Waals surface area contributed by atoms with E-state index in [1.165, 1.54) is 44.6 Å². The number of benzene rings is 8. The first-order valence-electron chi connectivity index (χ1n) is 17.4. The number of hydrogen-bond acceptors (Lipinski definition) is 2. The lowest BCUT2D eigenvalue weighted by Crippen LogP contribution is -2.11. The number of anilines is 6. The monoisotopic (exact) mass is 654 g/mol. The summed E-state index contributed by atoms with van der Waals surface area (Å²) in [5.74, 6) is 0. The van der Waals surface area contributed by atoms with E-state index in [0.29, 0.717) is 0 Å². The van der Waals surface area contributed by atoms with E-state index in [9.17, 15) is 0 Å². The molecule has 0 atom stereocenters. The Bertz CT molecular complexity index is 2230. The molecule has 0 saturated heterocycles. The zero-order valence-corrected chi connectivity index (χ0v) is 28.6. The highest BCUT2D eigenvalue weighted by Gasteiger charge is 2.16. The van der Waals surface area contributed by atoms with Crippen LogP contribution < -0.4 is 9.80 Å². The van der Waals surface area contributed by atoms with E-state index in [4.69, 9.17) is 0 Å². The van der Waals surface area contributed by atoms with Crippen molar-refractivity contribution in [2.75, 3.05) is 9.80 Å². The third-order valence-electron chi connectivity index (χ3n) is 9.42. The Balaban J connectivity index is 1.11. The lowest BCUT2D eigenvalue weighted by Gasteiger charge is -2.27. The molecule has 0 saturated carbocycles. The van der Waals surface area contributed by atoms with Gasteiger partial charge in [0.15, 0.2) is 0 Å². The molecule has 0 fully saturated rings. The van der Waals surface area contributed by atoms with Crippen molar-refractivity contribution >= 4 is 34.1 Å². The van der Waals surface area contributed by atoms with Crippen LogP contribution in [-0.4, -0.2) is 0 Å². The molecule has 0 spiro atoms. The van der Waals surface area contributed by atoms with Gasteiger partial charge in [0, 0.05) is 34.1 Å². The fraction of sp³-hybridized carbons (Fsp3) is 0.0204. The van der Waals surface area contributed by atoms with Crippen molar-refractivity contribution in [3.05, 3.63) is 218 Å². The molecule has 0 aromatic heterocycles. The first-order valence-corrected chi connectivity index (χ1v) is 17.4. The summed E-state index contributed by atoms with van der Waals surface area (Å²) in [5, 5.41) is 0. The van der Waals surface area contributed by atoms with E-state index >= 15 is 0 Å². The molecule has 8 aromatic carbocycles. The Morgan fingerprint density at radius 2 is 0.510 bits per heavy atom. The Morgan fingerprint density at radius 3 is 0.882 bits per heavy atom. The van der Waals surface area contributed by atoms with Crippen LogP contribution in [0.2, 0.25) is 0 Å². The second-order valence-electron chi connectivity index (χ2n) is 12.7. The molecule has 244 valence electrons. The Kier molecular flexibility index (Phi) is 8.96. The van der Waals surface area contributed by atoms with Gasteiger partial charge in [0.25, 0.3) is 0 Å². The van der Waals surface area contributed by atoms with Gasteiger partial charge in [-0.3, -0.25) is 0 Å². The highest BCUT2D eigenvalue weighted by molar-refractivity contribution is 5.83. The van der Waals surface area contributed by atoms with Gasteiger partial charge in [-0.15, -0.1) is 0 Å². The molecule has 0 bridgehead atoms. The number of aryl methyl sites for hydroxylation is 1. The summed E-state index contributed by atoms with van der Waals surface area (Å²) in [7, 11) is 0. The maximum atomic E-state index is 2.33. The van der Waals surface area contributed by atoms with Gasteiger partial charge in [0.2, 0.25) is 0 Å². The van der Waals surface area contributed by atoms with Gasteiger partial charge in [0.05, 0.1) is 0 Å². The van der Waals surface area contributed by atoms with Gasteiger partial charge < -0.3 is 9.80 Å². The van der Waals surface area contributed by atoms with E-state index < -0.39 is 0 Å². The summed E-state index contributed by atoms with van der Waals surface area (Å²) in [6.07, 6.45) is 0. The van der Waals surface area contributed by atoms with Crippen LogP contribution >= 0.6 is 0 Å². The summed E-state index contributed by atoms with van der Waals surface area (Å²) in [4.78, 5) is 4.66. The van der Waals surface area contributed by atoms with Gasteiger partial charge in [0.1, 0.15) is 0 Å². The number of para-hydroxylation sites is 2. The van der Waals surface area contributed by atoms with E-state index in [1.807, 2.05) is 0 Å². The second kappa shape index (κ2) is 14.5. The van der Waals surface area contributed by atoms with E-state index in [2.05, 4.69) is 229 Å². The quantitative estimate of drug-likeness (QED) is 0.153. The summed E-state index contributed by atoms with van der Waals surface area (Å²) < 4.78 is 0. The lowest BCUT2D eigenvalue weighted by molar-refractivity contribution is 1.25. The average Bonchev–Trinajstić information content (AvgIpc) is 3.21. The first-order chi connectivity index (χ1) is 25.2. The minimum absolute atomic E-state index is 1.10. The van der Waals surface area contributed by atoms with Crippen LogP contribution in [0.1, 0.15) is 5.56 Å². The summed E-state index contributed by atoms with van der Waals surface area (Å²) >= 11 is 0. The van der Waals surface area contributed by atoms with Gasteiger partial charge in [-0.1, -0.05) is 146 Å². The molecular formula is C49H38N2. The summed E-state index contributed by atoms with van der Waals surface area (Å²) in [6.45, 7) is 2.17. The maximum Gasteiger partial charge on any atom is 0.0490 e. The molecule has 2 nitrogen and oxygen atoms in total. The molecular weight excluding hydrogens is 617 g/mol. The summed E-state index contributed by atoms with van der Waals surface area (Å²) in [6, 6.07) is 75.7. The Morgan fingerprint density at radius 1 is 0.235 bits per heavy atom. The van der Waals surface area contributed by atoms with Crippen LogP contribution in [0.15, 0.2) is 212 Å². The van der Waals surface area contributed by atoms with Crippen molar-refractivity contribution in [3.8, 4) is 33.4 Å². The normalized spacial score (nSPS) is 10.8. The van der Waals surface area contributed by atoms with Crippen LogP contribution in [0.25, 0.3) is 33.4 Å². The molecule has 8 aromatic rings. The van der Waals surface area contributed by atoms with Crippen LogP contribution in [0.3, 0.4) is 0 Å². The van der Waals surface area contributed by atoms with Crippen LogP contribution in [0.5, 0.6) is 0 Å². The average molecular weight is 655 g/mol. The molecule has 0 N–H and O–H groups in total. The molecule has 0 unspecified atom stereocenters. The molecule has 2 heteroatoms. The molecule has 0 heterocycles. The molecule has 0 amide bonds. The zero-order valence-electron chi connectivity index (χ0n) is 28.6. The van der Waals surface area contributed by atoms with Crippen molar-refractivity contribution in [1.29, 1.82) is 0 Å². The minimum Gasteiger partial charge on any atom is -0.311 e. The van der Waals surface area contributed by atoms with Gasteiger partial charge in [-0.05, 0) is 113 Å². The highest BCUT2D eigenvalue weighted by Crippen LogP contribution is 2.39. The molecule has 51 heavy (non-hydrogen) atoms.